The molecule has 4 heteroatoms. The molecule has 1 saturated heterocycles. The Bertz CT molecular complexity index is 572. The predicted octanol–water partition coefficient (Wildman–Crippen LogP) is 3.12. The van der Waals surface area contributed by atoms with Crippen LogP contribution in [-0.2, 0) is 4.79 Å². The van der Waals surface area contributed by atoms with Gasteiger partial charge in [0.05, 0.1) is 0 Å². The van der Waals surface area contributed by atoms with Gasteiger partial charge >= 0.3 is 5.97 Å². The number of hydrogen-bond acceptors (Lipinski definition) is 3. The van der Waals surface area contributed by atoms with E-state index >= 15 is 0 Å². The molecule has 0 aliphatic carbocycles. The standard InChI is InChI=1S/C14H15NO2S/c16-14(17)13(15-7-3-4-8-15)11-9-18-12-6-2-1-5-10(11)12/h1-2,5-6,9,13H,3-4,7-8H2,(H,16,17). The molecule has 1 atom stereocenters. The van der Waals surface area contributed by atoms with E-state index in [1.54, 1.807) is 11.3 Å². The molecule has 0 radical (unpaired) electrons. The quantitative estimate of drug-likeness (QED) is 0.922. The minimum absolute atomic E-state index is 0.483. The van der Waals surface area contributed by atoms with Crippen LogP contribution in [0.1, 0.15) is 24.4 Å². The summed E-state index contributed by atoms with van der Waals surface area (Å²) in [4.78, 5) is 13.7. The van der Waals surface area contributed by atoms with Crippen LogP contribution in [0.25, 0.3) is 10.1 Å². The lowest BCUT2D eigenvalue weighted by Crippen LogP contribution is -2.31. The highest BCUT2D eigenvalue weighted by atomic mass is 32.1. The number of likely N-dealkylation sites (tertiary alicyclic amines) is 1. The molecule has 1 fully saturated rings. The van der Waals surface area contributed by atoms with E-state index in [0.717, 1.165) is 41.6 Å². The molecule has 2 aromatic rings. The number of carbonyl (C=O) groups is 1. The zero-order chi connectivity index (χ0) is 12.5. The Morgan fingerprint density at radius 2 is 2.00 bits per heavy atom. The summed E-state index contributed by atoms with van der Waals surface area (Å²) in [5, 5.41) is 12.6. The van der Waals surface area contributed by atoms with Crippen LogP contribution in [0.5, 0.6) is 0 Å². The molecule has 0 bridgehead atoms. The molecule has 0 saturated carbocycles. The number of nitrogens with zero attached hydrogens (tertiary/aromatic N) is 1. The molecule has 3 nitrogen and oxygen atoms in total. The second kappa shape index (κ2) is 4.71. The third kappa shape index (κ3) is 1.91. The topological polar surface area (TPSA) is 40.5 Å². The fourth-order valence-electron chi connectivity index (χ4n) is 2.70. The second-order valence-electron chi connectivity index (χ2n) is 4.67. The first-order valence-corrected chi connectivity index (χ1v) is 7.08. The first kappa shape index (κ1) is 11.7. The van der Waals surface area contributed by atoms with Gasteiger partial charge in [-0.1, -0.05) is 18.2 Å². The van der Waals surface area contributed by atoms with Crippen LogP contribution in [0.2, 0.25) is 0 Å². The van der Waals surface area contributed by atoms with Crippen molar-refractivity contribution in [3.05, 3.63) is 35.2 Å². The maximum absolute atomic E-state index is 11.6. The summed E-state index contributed by atoms with van der Waals surface area (Å²) in [6, 6.07) is 7.55. The monoisotopic (exact) mass is 261 g/mol. The van der Waals surface area contributed by atoms with E-state index in [2.05, 4.69) is 4.90 Å². The Hall–Kier alpha value is -1.39. The third-order valence-electron chi connectivity index (χ3n) is 3.55. The largest absolute Gasteiger partial charge is 0.480 e. The summed E-state index contributed by atoms with van der Waals surface area (Å²) >= 11 is 1.63. The van der Waals surface area contributed by atoms with Crippen LogP contribution in [0.3, 0.4) is 0 Å². The van der Waals surface area contributed by atoms with E-state index in [-0.39, 0.29) is 0 Å². The fraction of sp³-hybridized carbons (Fsp3) is 0.357. The molecule has 1 aliphatic heterocycles. The van der Waals surface area contributed by atoms with E-state index in [4.69, 9.17) is 0 Å². The molecule has 3 rings (SSSR count). The van der Waals surface area contributed by atoms with E-state index in [9.17, 15) is 9.90 Å². The van der Waals surface area contributed by atoms with Crippen LogP contribution in [-0.4, -0.2) is 29.1 Å². The first-order valence-electron chi connectivity index (χ1n) is 6.20. The van der Waals surface area contributed by atoms with E-state index in [1.807, 2.05) is 29.6 Å². The summed E-state index contributed by atoms with van der Waals surface area (Å²) in [6.07, 6.45) is 2.21. The van der Waals surface area contributed by atoms with Gasteiger partial charge in [0, 0.05) is 4.70 Å². The first-order chi connectivity index (χ1) is 8.77. The summed E-state index contributed by atoms with van der Waals surface area (Å²) in [5.74, 6) is -0.736. The van der Waals surface area contributed by atoms with Crippen molar-refractivity contribution in [2.24, 2.45) is 0 Å². The molecule has 0 spiro atoms. The van der Waals surface area contributed by atoms with Crippen molar-refractivity contribution in [2.45, 2.75) is 18.9 Å². The Kier molecular flexibility index (Phi) is 3.06. The molecule has 1 aliphatic rings. The van der Waals surface area contributed by atoms with Crippen LogP contribution >= 0.6 is 11.3 Å². The molecule has 1 unspecified atom stereocenters. The van der Waals surface area contributed by atoms with Crippen molar-refractivity contribution in [3.63, 3.8) is 0 Å². The van der Waals surface area contributed by atoms with Gasteiger partial charge in [-0.15, -0.1) is 11.3 Å². The highest BCUT2D eigenvalue weighted by Crippen LogP contribution is 2.34. The number of carboxylic acid groups (broad SMARTS) is 1. The molecule has 1 aromatic heterocycles. The summed E-state index contributed by atoms with van der Waals surface area (Å²) in [7, 11) is 0. The van der Waals surface area contributed by atoms with E-state index < -0.39 is 12.0 Å². The smallest absolute Gasteiger partial charge is 0.325 e. The van der Waals surface area contributed by atoms with E-state index in [0.29, 0.717) is 0 Å². The Morgan fingerprint density at radius 3 is 2.72 bits per heavy atom. The summed E-state index contributed by atoms with van der Waals surface area (Å²) in [5.41, 5.74) is 0.949. The number of benzene rings is 1. The molecule has 1 N–H and O–H groups in total. The van der Waals surface area contributed by atoms with Crippen molar-refractivity contribution in [2.75, 3.05) is 13.1 Å². The molecule has 94 valence electrons. The van der Waals surface area contributed by atoms with Crippen LogP contribution in [0.4, 0.5) is 0 Å². The highest BCUT2D eigenvalue weighted by Gasteiger charge is 2.31. The number of thiophene rings is 1. The average Bonchev–Trinajstić information content (AvgIpc) is 3.00. The zero-order valence-corrected chi connectivity index (χ0v) is 10.8. The van der Waals surface area contributed by atoms with Gasteiger partial charge in [-0.25, -0.2) is 0 Å². The van der Waals surface area contributed by atoms with Crippen molar-refractivity contribution in [3.8, 4) is 0 Å². The fourth-order valence-corrected chi connectivity index (χ4v) is 3.68. The average molecular weight is 261 g/mol. The molecular weight excluding hydrogens is 246 g/mol. The predicted molar refractivity (Wildman–Crippen MR) is 73.0 cm³/mol. The van der Waals surface area contributed by atoms with E-state index in [1.165, 1.54) is 0 Å². The molecular formula is C14H15NO2S. The van der Waals surface area contributed by atoms with Gasteiger partial charge in [0.25, 0.3) is 0 Å². The van der Waals surface area contributed by atoms with Crippen LogP contribution in [0, 0.1) is 0 Å². The van der Waals surface area contributed by atoms with Crippen molar-refractivity contribution < 1.29 is 9.90 Å². The van der Waals surface area contributed by atoms with Gasteiger partial charge in [-0.05, 0) is 48.3 Å². The number of rotatable bonds is 3. The number of aliphatic carboxylic acids is 1. The third-order valence-corrected chi connectivity index (χ3v) is 4.53. The van der Waals surface area contributed by atoms with Crippen LogP contribution in [0.15, 0.2) is 29.6 Å². The normalized spacial score (nSPS) is 18.2. The second-order valence-corrected chi connectivity index (χ2v) is 5.58. The SMILES string of the molecule is O=C(O)C(c1csc2ccccc12)N1CCCC1. The minimum Gasteiger partial charge on any atom is -0.480 e. The van der Waals surface area contributed by atoms with Gasteiger partial charge in [0.2, 0.25) is 0 Å². The molecule has 18 heavy (non-hydrogen) atoms. The zero-order valence-electron chi connectivity index (χ0n) is 10.0. The molecule has 0 amide bonds. The van der Waals surface area contributed by atoms with Crippen molar-refractivity contribution in [1.82, 2.24) is 4.90 Å². The van der Waals surface area contributed by atoms with Crippen molar-refractivity contribution >= 4 is 27.4 Å². The Labute approximate surface area is 110 Å². The lowest BCUT2D eigenvalue weighted by Gasteiger charge is -2.23. The van der Waals surface area contributed by atoms with Gasteiger partial charge < -0.3 is 5.11 Å². The minimum atomic E-state index is -0.736. The summed E-state index contributed by atoms with van der Waals surface area (Å²) < 4.78 is 1.16. The Morgan fingerprint density at radius 1 is 1.28 bits per heavy atom. The Balaban J connectivity index is 2.06. The highest BCUT2D eigenvalue weighted by molar-refractivity contribution is 7.17. The van der Waals surface area contributed by atoms with Crippen LogP contribution < -0.4 is 0 Å². The number of hydrogen-bond donors (Lipinski definition) is 1. The van der Waals surface area contributed by atoms with Gasteiger partial charge in [-0.3, -0.25) is 9.69 Å². The maximum atomic E-state index is 11.6. The number of fused-ring (bicyclic) bond motifs is 1. The molecule has 2 heterocycles. The lowest BCUT2D eigenvalue weighted by molar-refractivity contribution is -0.143. The van der Waals surface area contributed by atoms with Gasteiger partial charge in [0.1, 0.15) is 6.04 Å². The molecule has 1 aromatic carbocycles. The summed E-state index contributed by atoms with van der Waals surface area (Å²) in [6.45, 7) is 1.78. The number of carboxylic acids is 1. The van der Waals surface area contributed by atoms with Gasteiger partial charge in [0.15, 0.2) is 0 Å². The lowest BCUT2D eigenvalue weighted by atomic mass is 10.0. The maximum Gasteiger partial charge on any atom is 0.325 e. The van der Waals surface area contributed by atoms with Crippen molar-refractivity contribution in [1.29, 1.82) is 0 Å². The van der Waals surface area contributed by atoms with Gasteiger partial charge in [-0.2, -0.15) is 0 Å².